The van der Waals surface area contributed by atoms with Crippen molar-refractivity contribution in [3.63, 3.8) is 0 Å². The molecule has 0 saturated carbocycles. The van der Waals surface area contributed by atoms with E-state index in [4.69, 9.17) is 4.42 Å². The Kier molecular flexibility index (Phi) is 6.22. The minimum atomic E-state index is -0.821. The first kappa shape index (κ1) is 19.4. The number of hydrogen-bond donors (Lipinski definition) is 1. The van der Waals surface area contributed by atoms with Gasteiger partial charge in [0.25, 0.3) is 0 Å². The van der Waals surface area contributed by atoms with E-state index in [2.05, 4.69) is 5.32 Å². The zero-order valence-corrected chi connectivity index (χ0v) is 15.5. The summed E-state index contributed by atoms with van der Waals surface area (Å²) in [6, 6.07) is 17.7. The van der Waals surface area contributed by atoms with Gasteiger partial charge in [0, 0.05) is 13.5 Å². The molecule has 144 valence electrons. The molecule has 0 bridgehead atoms. The third-order valence-corrected chi connectivity index (χ3v) is 4.36. The van der Waals surface area contributed by atoms with Crippen LogP contribution in [0, 0.1) is 5.82 Å². The summed E-state index contributed by atoms with van der Waals surface area (Å²) in [5.41, 5.74) is 1.42. The molecule has 2 aromatic carbocycles. The molecule has 28 heavy (non-hydrogen) atoms. The van der Waals surface area contributed by atoms with Crippen molar-refractivity contribution >= 4 is 11.8 Å². The van der Waals surface area contributed by atoms with Crippen LogP contribution in [0.5, 0.6) is 0 Å². The standard InChI is InChI=1S/C22H21FN2O3/c1-16(26)25(15-17-9-11-19(23)12-10-17)21(18-6-3-2-4-7-18)22(27)24-14-20-8-5-13-28-20/h2-13,21H,14-15H2,1H3,(H,24,27). The molecule has 0 aliphatic heterocycles. The molecule has 1 heterocycles. The number of halogens is 1. The average molecular weight is 380 g/mol. The molecule has 0 aliphatic carbocycles. The lowest BCUT2D eigenvalue weighted by atomic mass is 10.0. The minimum Gasteiger partial charge on any atom is -0.467 e. The van der Waals surface area contributed by atoms with E-state index in [1.807, 2.05) is 18.2 Å². The first-order chi connectivity index (χ1) is 13.5. The molecule has 1 aromatic heterocycles. The maximum absolute atomic E-state index is 13.2. The van der Waals surface area contributed by atoms with Crippen LogP contribution in [0.2, 0.25) is 0 Å². The molecule has 0 fully saturated rings. The van der Waals surface area contributed by atoms with Crippen LogP contribution in [0.3, 0.4) is 0 Å². The number of furan rings is 1. The number of nitrogens with one attached hydrogen (secondary N) is 1. The monoisotopic (exact) mass is 380 g/mol. The summed E-state index contributed by atoms with van der Waals surface area (Å²) < 4.78 is 18.5. The fourth-order valence-electron chi connectivity index (χ4n) is 2.96. The van der Waals surface area contributed by atoms with Crippen LogP contribution >= 0.6 is 0 Å². The third-order valence-electron chi connectivity index (χ3n) is 4.36. The summed E-state index contributed by atoms with van der Waals surface area (Å²) in [5, 5.41) is 2.83. The van der Waals surface area contributed by atoms with Crippen molar-refractivity contribution in [2.75, 3.05) is 0 Å². The van der Waals surface area contributed by atoms with E-state index in [0.717, 1.165) is 5.56 Å². The van der Waals surface area contributed by atoms with Crippen molar-refractivity contribution < 1.29 is 18.4 Å². The van der Waals surface area contributed by atoms with Gasteiger partial charge in [0.15, 0.2) is 0 Å². The van der Waals surface area contributed by atoms with E-state index in [0.29, 0.717) is 11.3 Å². The van der Waals surface area contributed by atoms with E-state index in [1.54, 1.807) is 36.4 Å². The van der Waals surface area contributed by atoms with Gasteiger partial charge < -0.3 is 14.6 Å². The number of benzene rings is 2. The highest BCUT2D eigenvalue weighted by atomic mass is 19.1. The van der Waals surface area contributed by atoms with Gasteiger partial charge in [-0.3, -0.25) is 9.59 Å². The van der Waals surface area contributed by atoms with Crippen LogP contribution in [0.15, 0.2) is 77.4 Å². The van der Waals surface area contributed by atoms with E-state index >= 15 is 0 Å². The highest BCUT2D eigenvalue weighted by Gasteiger charge is 2.29. The van der Waals surface area contributed by atoms with Gasteiger partial charge in [-0.25, -0.2) is 4.39 Å². The lowest BCUT2D eigenvalue weighted by Gasteiger charge is -2.30. The Morgan fingerprint density at radius 1 is 1.04 bits per heavy atom. The summed E-state index contributed by atoms with van der Waals surface area (Å²) in [6.07, 6.45) is 1.53. The highest BCUT2D eigenvalue weighted by molar-refractivity contribution is 5.88. The van der Waals surface area contributed by atoms with Gasteiger partial charge in [-0.15, -0.1) is 0 Å². The summed E-state index contributed by atoms with van der Waals surface area (Å²) in [6.45, 7) is 1.82. The zero-order chi connectivity index (χ0) is 19.9. The predicted molar refractivity (Wildman–Crippen MR) is 102 cm³/mol. The third kappa shape index (κ3) is 4.85. The first-order valence-electron chi connectivity index (χ1n) is 8.91. The molecule has 3 rings (SSSR count). The normalized spacial score (nSPS) is 11.6. The van der Waals surface area contributed by atoms with Crippen molar-refractivity contribution in [3.8, 4) is 0 Å². The number of hydrogen-bond acceptors (Lipinski definition) is 3. The SMILES string of the molecule is CC(=O)N(Cc1ccc(F)cc1)C(C(=O)NCc1ccco1)c1ccccc1. The number of amides is 2. The lowest BCUT2D eigenvalue weighted by molar-refractivity contribution is -0.140. The van der Waals surface area contributed by atoms with E-state index in [9.17, 15) is 14.0 Å². The Morgan fingerprint density at radius 3 is 2.36 bits per heavy atom. The highest BCUT2D eigenvalue weighted by Crippen LogP contribution is 2.24. The molecule has 3 aromatic rings. The van der Waals surface area contributed by atoms with E-state index in [1.165, 1.54) is 30.2 Å². The van der Waals surface area contributed by atoms with E-state index < -0.39 is 6.04 Å². The molecule has 0 spiro atoms. The summed E-state index contributed by atoms with van der Waals surface area (Å²) in [5.74, 6) is -0.312. The van der Waals surface area contributed by atoms with Crippen molar-refractivity contribution in [1.82, 2.24) is 10.2 Å². The van der Waals surface area contributed by atoms with Gasteiger partial charge in [0.1, 0.15) is 17.6 Å². The predicted octanol–water partition coefficient (Wildman–Crippen LogP) is 3.82. The van der Waals surface area contributed by atoms with Gasteiger partial charge >= 0.3 is 0 Å². The molecule has 6 heteroatoms. The van der Waals surface area contributed by atoms with Gasteiger partial charge in [-0.05, 0) is 35.4 Å². The second-order valence-corrected chi connectivity index (χ2v) is 6.38. The number of nitrogens with zero attached hydrogens (tertiary/aromatic N) is 1. The molecular weight excluding hydrogens is 359 g/mol. The number of carbonyl (C=O) groups is 2. The maximum Gasteiger partial charge on any atom is 0.247 e. The topological polar surface area (TPSA) is 62.6 Å². The minimum absolute atomic E-state index is 0.184. The van der Waals surface area contributed by atoms with Crippen LogP contribution in [0.4, 0.5) is 4.39 Å². The first-order valence-corrected chi connectivity index (χ1v) is 8.91. The van der Waals surface area contributed by atoms with Crippen molar-refractivity contribution in [2.45, 2.75) is 26.1 Å². The van der Waals surface area contributed by atoms with Gasteiger partial charge in [-0.2, -0.15) is 0 Å². The Hall–Kier alpha value is -3.41. The van der Waals surface area contributed by atoms with Crippen LogP contribution in [0.25, 0.3) is 0 Å². The summed E-state index contributed by atoms with van der Waals surface area (Å²) in [7, 11) is 0. The Balaban J connectivity index is 1.87. The average Bonchev–Trinajstić information content (AvgIpc) is 3.22. The molecule has 1 N–H and O–H groups in total. The van der Waals surface area contributed by atoms with Crippen LogP contribution in [0.1, 0.15) is 29.9 Å². The smallest absolute Gasteiger partial charge is 0.247 e. The van der Waals surface area contributed by atoms with Gasteiger partial charge in [0.2, 0.25) is 11.8 Å². The van der Waals surface area contributed by atoms with Gasteiger partial charge in [-0.1, -0.05) is 42.5 Å². The van der Waals surface area contributed by atoms with Crippen LogP contribution in [-0.2, 0) is 22.7 Å². The lowest BCUT2D eigenvalue weighted by Crippen LogP contribution is -2.42. The van der Waals surface area contributed by atoms with Crippen molar-refractivity contribution in [1.29, 1.82) is 0 Å². The fraction of sp³-hybridized carbons (Fsp3) is 0.182. The molecule has 0 aliphatic rings. The fourth-order valence-corrected chi connectivity index (χ4v) is 2.96. The second kappa shape index (κ2) is 8.99. The van der Waals surface area contributed by atoms with Crippen molar-refractivity contribution in [2.24, 2.45) is 0 Å². The largest absolute Gasteiger partial charge is 0.467 e. The molecular formula is C22H21FN2O3. The van der Waals surface area contributed by atoms with E-state index in [-0.39, 0.29) is 30.7 Å². The number of carbonyl (C=O) groups excluding carboxylic acids is 2. The maximum atomic E-state index is 13.2. The molecule has 1 atom stereocenters. The Morgan fingerprint density at radius 2 is 1.75 bits per heavy atom. The van der Waals surface area contributed by atoms with Crippen molar-refractivity contribution in [3.05, 3.63) is 95.7 Å². The number of rotatable bonds is 7. The Labute approximate surface area is 162 Å². The molecule has 0 radical (unpaired) electrons. The van der Waals surface area contributed by atoms with Gasteiger partial charge in [0.05, 0.1) is 12.8 Å². The zero-order valence-electron chi connectivity index (χ0n) is 15.5. The second-order valence-electron chi connectivity index (χ2n) is 6.38. The van der Waals surface area contributed by atoms with Crippen LogP contribution in [-0.4, -0.2) is 16.7 Å². The molecule has 5 nitrogen and oxygen atoms in total. The summed E-state index contributed by atoms with van der Waals surface area (Å²) >= 11 is 0. The molecule has 1 unspecified atom stereocenters. The summed E-state index contributed by atoms with van der Waals surface area (Å²) in [4.78, 5) is 26.9. The quantitative estimate of drug-likeness (QED) is 0.678. The molecule has 2 amide bonds. The van der Waals surface area contributed by atoms with Crippen LogP contribution < -0.4 is 5.32 Å². The Bertz CT molecular complexity index is 909. The molecule has 0 saturated heterocycles.